The van der Waals surface area contributed by atoms with Gasteiger partial charge in [-0.25, -0.2) is 0 Å². The monoisotopic (exact) mass is 436 g/mol. The molecule has 2 fully saturated rings. The summed E-state index contributed by atoms with van der Waals surface area (Å²) >= 11 is 0. The van der Waals surface area contributed by atoms with Crippen LogP contribution in [0.25, 0.3) is 0 Å². The number of carbonyl (C=O) groups excluding carboxylic acids is 1. The van der Waals surface area contributed by atoms with Crippen LogP contribution in [0.15, 0.2) is 18.2 Å². The first-order valence-corrected chi connectivity index (χ1v) is 8.99. The number of hydrogen-bond acceptors (Lipinski definition) is 5. The van der Waals surface area contributed by atoms with E-state index in [-0.39, 0.29) is 0 Å². The lowest BCUT2D eigenvalue weighted by Crippen LogP contribution is -2.51. The summed E-state index contributed by atoms with van der Waals surface area (Å²) in [5.41, 5.74) is -2.49. The van der Waals surface area contributed by atoms with Gasteiger partial charge in [0.1, 0.15) is 0 Å². The zero-order valence-corrected chi connectivity index (χ0v) is 15.8. The fourth-order valence-electron chi connectivity index (χ4n) is 3.45. The van der Waals surface area contributed by atoms with Gasteiger partial charge in [0, 0.05) is 31.9 Å². The first-order chi connectivity index (χ1) is 13.9. The van der Waals surface area contributed by atoms with E-state index in [2.05, 4.69) is 0 Å². The number of hydrogen-bond donors (Lipinski definition) is 0. The molecule has 164 valence electrons. The zero-order valence-electron chi connectivity index (χ0n) is 15.8. The van der Waals surface area contributed by atoms with Crippen molar-refractivity contribution in [1.29, 1.82) is 5.26 Å². The molecule has 1 aromatic rings. The Bertz CT molecular complexity index is 843. The summed E-state index contributed by atoms with van der Waals surface area (Å²) in [6.45, 7) is 1.19. The number of nitriles is 1. The zero-order chi connectivity index (χ0) is 22.3. The molecule has 0 aliphatic carbocycles. The Morgan fingerprint density at radius 2 is 1.77 bits per heavy atom. The Morgan fingerprint density at radius 1 is 1.13 bits per heavy atom. The van der Waals surface area contributed by atoms with E-state index in [4.69, 9.17) is 10.00 Å². The molecular weight excluding hydrogens is 418 g/mol. The van der Waals surface area contributed by atoms with Gasteiger partial charge in [-0.1, -0.05) is 0 Å². The molecule has 12 heteroatoms. The molecule has 2 unspecified atom stereocenters. The molecule has 2 atom stereocenters. The van der Waals surface area contributed by atoms with E-state index >= 15 is 0 Å². The average molecular weight is 436 g/mol. The number of amides is 1. The Morgan fingerprint density at radius 3 is 2.30 bits per heavy atom. The van der Waals surface area contributed by atoms with Crippen molar-refractivity contribution in [3.05, 3.63) is 29.3 Å². The summed E-state index contributed by atoms with van der Waals surface area (Å²) in [5, 5.41) is 8.88. The third kappa shape index (κ3) is 4.46. The third-order valence-corrected chi connectivity index (χ3v) is 5.07. The van der Waals surface area contributed by atoms with Crippen LogP contribution >= 0.6 is 0 Å². The van der Waals surface area contributed by atoms with Crippen LogP contribution in [0.2, 0.25) is 0 Å². The molecule has 0 aromatic heterocycles. The second kappa shape index (κ2) is 7.96. The van der Waals surface area contributed by atoms with Gasteiger partial charge < -0.3 is 19.4 Å². The van der Waals surface area contributed by atoms with Gasteiger partial charge in [-0.2, -0.15) is 31.6 Å². The molecule has 2 aliphatic heterocycles. The summed E-state index contributed by atoms with van der Waals surface area (Å²) in [6, 6.07) is 3.65. The molecule has 1 amide bonds. The minimum Gasteiger partial charge on any atom is -0.338 e. The van der Waals surface area contributed by atoms with Gasteiger partial charge in [0.2, 0.25) is 6.23 Å². The van der Waals surface area contributed by atoms with Crippen molar-refractivity contribution in [2.45, 2.75) is 24.7 Å². The molecule has 2 saturated heterocycles. The Balaban J connectivity index is 1.90. The summed E-state index contributed by atoms with van der Waals surface area (Å²) < 4.78 is 85.2. The summed E-state index contributed by atoms with van der Waals surface area (Å²) in [5.74, 6) is -0.635. The lowest BCUT2D eigenvalue weighted by Gasteiger charge is -2.33. The second-order valence-electron chi connectivity index (χ2n) is 7.14. The number of piperazine rings is 1. The van der Waals surface area contributed by atoms with Crippen molar-refractivity contribution in [2.24, 2.45) is 0 Å². The highest BCUT2D eigenvalue weighted by molar-refractivity contribution is 5.82. The SMILES string of the molecule is CN1CCN(C(=O)C2CN(c3ccc(C#N)c(C(F)(F)F)c3)C(C(F)(F)F)O2)CC1. The lowest BCUT2D eigenvalue weighted by molar-refractivity contribution is -0.215. The molecule has 30 heavy (non-hydrogen) atoms. The van der Waals surface area contributed by atoms with Crippen LogP contribution in [-0.4, -0.2) is 74.0 Å². The van der Waals surface area contributed by atoms with Gasteiger partial charge >= 0.3 is 12.4 Å². The number of likely N-dealkylation sites (N-methyl/N-ethyl adjacent to an activating group) is 1. The number of nitrogens with zero attached hydrogens (tertiary/aromatic N) is 4. The standard InChI is InChI=1S/C18H18F6N4O2/c1-26-4-6-27(7-5-26)15(29)14-10-28(16(30-14)18(22,23)24)12-3-2-11(9-25)13(8-12)17(19,20)21/h2-3,8,14,16H,4-7,10H2,1H3. The molecule has 0 saturated carbocycles. The molecular formula is C18H18F6N4O2. The minimum atomic E-state index is -4.94. The van der Waals surface area contributed by atoms with Crippen molar-refractivity contribution in [3.63, 3.8) is 0 Å². The first kappa shape index (κ1) is 22.2. The molecule has 1 aromatic carbocycles. The van der Waals surface area contributed by atoms with Crippen molar-refractivity contribution in [1.82, 2.24) is 9.80 Å². The normalized spacial score (nSPS) is 23.5. The smallest absolute Gasteiger partial charge is 0.338 e. The molecule has 0 radical (unpaired) electrons. The number of alkyl halides is 6. The molecule has 0 spiro atoms. The quantitative estimate of drug-likeness (QED) is 0.667. The maximum atomic E-state index is 13.5. The average Bonchev–Trinajstić information content (AvgIpc) is 3.13. The largest absolute Gasteiger partial charge is 0.433 e. The lowest BCUT2D eigenvalue weighted by atomic mass is 10.1. The van der Waals surface area contributed by atoms with Crippen molar-refractivity contribution in [3.8, 4) is 6.07 Å². The van der Waals surface area contributed by atoms with Crippen LogP contribution in [0, 0.1) is 11.3 Å². The molecule has 2 heterocycles. The fourth-order valence-corrected chi connectivity index (χ4v) is 3.45. The van der Waals surface area contributed by atoms with Crippen LogP contribution in [0.5, 0.6) is 0 Å². The molecule has 6 nitrogen and oxygen atoms in total. The van der Waals surface area contributed by atoms with Gasteiger partial charge in [0.15, 0.2) is 6.10 Å². The van der Waals surface area contributed by atoms with Crippen LogP contribution in [0.4, 0.5) is 32.0 Å². The van der Waals surface area contributed by atoms with E-state index in [1.807, 2.05) is 11.9 Å². The van der Waals surface area contributed by atoms with Gasteiger partial charge in [-0.05, 0) is 25.2 Å². The van der Waals surface area contributed by atoms with Crippen molar-refractivity contribution >= 4 is 11.6 Å². The molecule has 0 bridgehead atoms. The maximum absolute atomic E-state index is 13.5. The highest BCUT2D eigenvalue weighted by Crippen LogP contribution is 2.39. The minimum absolute atomic E-state index is 0.320. The number of benzene rings is 1. The van der Waals surface area contributed by atoms with E-state index in [0.29, 0.717) is 37.1 Å². The predicted octanol–water partition coefficient (Wildman–Crippen LogP) is 2.44. The Hall–Kier alpha value is -2.52. The predicted molar refractivity (Wildman–Crippen MR) is 92.3 cm³/mol. The number of rotatable bonds is 2. The Kier molecular flexibility index (Phi) is 5.88. The number of carbonyl (C=O) groups is 1. The van der Waals surface area contributed by atoms with Crippen molar-refractivity contribution < 1.29 is 35.9 Å². The number of anilines is 1. The Labute approximate surface area is 168 Å². The van der Waals surface area contributed by atoms with E-state index in [9.17, 15) is 31.1 Å². The van der Waals surface area contributed by atoms with Gasteiger partial charge in [0.05, 0.1) is 23.7 Å². The van der Waals surface area contributed by atoms with Crippen LogP contribution in [0.3, 0.4) is 0 Å². The molecule has 2 aliphatic rings. The van der Waals surface area contributed by atoms with Gasteiger partial charge in [-0.15, -0.1) is 0 Å². The number of ether oxygens (including phenoxy) is 1. The van der Waals surface area contributed by atoms with Gasteiger partial charge in [0.25, 0.3) is 5.91 Å². The summed E-state index contributed by atoms with van der Waals surface area (Å²) in [6.07, 6.45) is -13.9. The topological polar surface area (TPSA) is 59.8 Å². The highest BCUT2D eigenvalue weighted by Gasteiger charge is 2.53. The van der Waals surface area contributed by atoms with E-state index in [1.165, 1.54) is 11.0 Å². The number of halogens is 6. The third-order valence-electron chi connectivity index (χ3n) is 5.07. The fraction of sp³-hybridized carbons (Fsp3) is 0.556. The summed E-state index contributed by atoms with van der Waals surface area (Å²) in [4.78, 5) is 16.6. The first-order valence-electron chi connectivity index (χ1n) is 8.99. The van der Waals surface area contributed by atoms with E-state index < -0.39 is 54.0 Å². The molecule has 3 rings (SSSR count). The summed E-state index contributed by atoms with van der Waals surface area (Å²) in [7, 11) is 1.85. The van der Waals surface area contributed by atoms with E-state index in [0.717, 1.165) is 12.1 Å². The van der Waals surface area contributed by atoms with Crippen LogP contribution in [-0.2, 0) is 15.7 Å². The second-order valence-corrected chi connectivity index (χ2v) is 7.14. The van der Waals surface area contributed by atoms with E-state index in [1.54, 1.807) is 0 Å². The maximum Gasteiger partial charge on any atom is 0.433 e. The van der Waals surface area contributed by atoms with Gasteiger partial charge in [-0.3, -0.25) is 4.79 Å². The highest BCUT2D eigenvalue weighted by atomic mass is 19.4. The van der Waals surface area contributed by atoms with Crippen molar-refractivity contribution in [2.75, 3.05) is 44.7 Å². The van der Waals surface area contributed by atoms with Crippen LogP contribution < -0.4 is 4.90 Å². The van der Waals surface area contributed by atoms with Crippen LogP contribution in [0.1, 0.15) is 11.1 Å². The molecule has 0 N–H and O–H groups in total.